The van der Waals surface area contributed by atoms with Crippen LogP contribution in [-0.4, -0.2) is 42.9 Å². The monoisotopic (exact) mass is 365 g/mol. The summed E-state index contributed by atoms with van der Waals surface area (Å²) in [6.07, 6.45) is 6.94. The van der Waals surface area contributed by atoms with Crippen molar-refractivity contribution in [3.63, 3.8) is 0 Å². The molecule has 0 unspecified atom stereocenters. The molecule has 0 saturated carbocycles. The lowest BCUT2D eigenvalue weighted by atomic mass is 10.2. The number of carbonyl (C=O) groups is 2. The second kappa shape index (κ2) is 7.02. The molecule has 0 atom stereocenters. The Labute approximate surface area is 155 Å². The second-order valence-electron chi connectivity index (χ2n) is 6.38. The third-order valence-corrected chi connectivity index (χ3v) is 4.30. The first-order chi connectivity index (χ1) is 13.1. The van der Waals surface area contributed by atoms with Crippen LogP contribution in [0.2, 0.25) is 0 Å². The molecule has 2 N–H and O–H groups in total. The van der Waals surface area contributed by atoms with E-state index in [-0.39, 0.29) is 17.3 Å². The average molecular weight is 365 g/mol. The number of amides is 2. The molecule has 0 aromatic carbocycles. The van der Waals surface area contributed by atoms with Crippen LogP contribution >= 0.6 is 0 Å². The number of nitrogens with zero attached hydrogens (tertiary/aromatic N) is 5. The first-order valence-electron chi connectivity index (χ1n) is 8.73. The molecule has 0 spiro atoms. The third-order valence-electron chi connectivity index (χ3n) is 4.30. The second-order valence-corrected chi connectivity index (χ2v) is 6.38. The zero-order chi connectivity index (χ0) is 18.8. The summed E-state index contributed by atoms with van der Waals surface area (Å²) in [5.74, 6) is -0.723. The highest BCUT2D eigenvalue weighted by Crippen LogP contribution is 2.19. The van der Waals surface area contributed by atoms with Crippen LogP contribution in [0.5, 0.6) is 0 Å². The Bertz CT molecular complexity index is 1000. The summed E-state index contributed by atoms with van der Waals surface area (Å²) in [4.78, 5) is 29.5. The molecule has 0 fully saturated rings. The molecule has 27 heavy (non-hydrogen) atoms. The molecule has 9 nitrogen and oxygen atoms in total. The largest absolute Gasteiger partial charge is 0.351 e. The summed E-state index contributed by atoms with van der Waals surface area (Å²) in [5.41, 5.74) is 2.32. The summed E-state index contributed by atoms with van der Waals surface area (Å²) < 4.78 is 3.34. The van der Waals surface area contributed by atoms with Crippen molar-refractivity contribution < 1.29 is 9.59 Å². The van der Waals surface area contributed by atoms with Crippen molar-refractivity contribution in [3.8, 4) is 11.3 Å². The molecule has 0 saturated heterocycles. The van der Waals surface area contributed by atoms with Gasteiger partial charge < -0.3 is 10.6 Å². The van der Waals surface area contributed by atoms with Crippen molar-refractivity contribution in [2.24, 2.45) is 7.05 Å². The third kappa shape index (κ3) is 3.57. The van der Waals surface area contributed by atoms with Gasteiger partial charge in [-0.15, -0.1) is 0 Å². The molecule has 138 valence electrons. The molecule has 2 amide bonds. The first-order valence-corrected chi connectivity index (χ1v) is 8.73. The topological polar surface area (TPSA) is 107 Å². The fourth-order valence-corrected chi connectivity index (χ4v) is 2.96. The first kappa shape index (κ1) is 17.0. The van der Waals surface area contributed by atoms with Crippen LogP contribution in [0.1, 0.15) is 33.8 Å². The number of rotatable bonds is 0. The molecule has 3 aromatic rings. The number of pyridine rings is 1. The Balaban J connectivity index is 1.71. The number of nitrogens with one attached hydrogen (secondary N) is 2. The number of hydrogen-bond acceptors (Lipinski definition) is 5. The SMILES string of the molecule is Cn1cc2c(n1)C(=O)NCCCCn1cc(cn1)-c1cccc(n1)C(=O)N2. The molecule has 0 aliphatic carbocycles. The van der Waals surface area contributed by atoms with Gasteiger partial charge in [0, 0.05) is 38.1 Å². The molecule has 1 aliphatic rings. The van der Waals surface area contributed by atoms with E-state index in [2.05, 4.69) is 25.8 Å². The zero-order valence-electron chi connectivity index (χ0n) is 14.8. The molecule has 1 aliphatic heterocycles. The lowest BCUT2D eigenvalue weighted by Gasteiger charge is -2.08. The van der Waals surface area contributed by atoms with Crippen LogP contribution < -0.4 is 10.6 Å². The van der Waals surface area contributed by atoms with E-state index in [1.54, 1.807) is 31.6 Å². The smallest absolute Gasteiger partial charge is 0.274 e. The fraction of sp³-hybridized carbons (Fsp3) is 0.278. The van der Waals surface area contributed by atoms with Crippen molar-refractivity contribution in [1.82, 2.24) is 29.9 Å². The Hall–Kier alpha value is -3.49. The molecule has 4 heterocycles. The number of carbonyl (C=O) groups excluding carboxylic acids is 2. The van der Waals surface area contributed by atoms with Gasteiger partial charge in [-0.1, -0.05) is 6.07 Å². The van der Waals surface area contributed by atoms with E-state index in [4.69, 9.17) is 0 Å². The lowest BCUT2D eigenvalue weighted by molar-refractivity contribution is 0.0948. The van der Waals surface area contributed by atoms with E-state index < -0.39 is 5.91 Å². The summed E-state index contributed by atoms with van der Waals surface area (Å²) in [6.45, 7) is 1.27. The van der Waals surface area contributed by atoms with Crippen molar-refractivity contribution in [2.45, 2.75) is 19.4 Å². The van der Waals surface area contributed by atoms with Gasteiger partial charge in [-0.3, -0.25) is 19.0 Å². The summed E-state index contributed by atoms with van der Waals surface area (Å²) in [7, 11) is 1.70. The number of aromatic nitrogens is 5. The fourth-order valence-electron chi connectivity index (χ4n) is 2.96. The van der Waals surface area contributed by atoms with Gasteiger partial charge in [0.2, 0.25) is 0 Å². The van der Waals surface area contributed by atoms with Crippen molar-refractivity contribution >= 4 is 17.5 Å². The Morgan fingerprint density at radius 1 is 1.07 bits per heavy atom. The maximum Gasteiger partial charge on any atom is 0.274 e. The standard InChI is InChI=1S/C18H19N7O2/c1-24-11-15-16(23-24)18(27)19-7-2-3-8-25-10-12(9-20-25)13-5-4-6-14(21-13)17(26)22-15/h4-6,9-11H,2-3,7-8H2,1H3,(H,19,27)(H,22,26). The molecular formula is C18H19N7O2. The van der Waals surface area contributed by atoms with Gasteiger partial charge in [0.1, 0.15) is 5.69 Å². The van der Waals surface area contributed by atoms with E-state index in [9.17, 15) is 9.59 Å². The molecule has 3 aromatic heterocycles. The van der Waals surface area contributed by atoms with Crippen molar-refractivity contribution in [2.75, 3.05) is 11.9 Å². The van der Waals surface area contributed by atoms with Gasteiger partial charge in [-0.25, -0.2) is 4.98 Å². The van der Waals surface area contributed by atoms with Crippen LogP contribution in [0.25, 0.3) is 11.3 Å². The summed E-state index contributed by atoms with van der Waals surface area (Å²) in [5, 5.41) is 14.1. The Morgan fingerprint density at radius 2 is 1.93 bits per heavy atom. The number of aryl methyl sites for hydroxylation is 2. The lowest BCUT2D eigenvalue weighted by Crippen LogP contribution is -2.26. The van der Waals surface area contributed by atoms with E-state index in [0.29, 0.717) is 17.9 Å². The van der Waals surface area contributed by atoms with E-state index >= 15 is 0 Å². The molecule has 0 radical (unpaired) electrons. The van der Waals surface area contributed by atoms with Gasteiger partial charge in [0.05, 0.1) is 17.6 Å². The number of hydrogen-bond donors (Lipinski definition) is 2. The average Bonchev–Trinajstić information content (AvgIpc) is 3.27. The van der Waals surface area contributed by atoms with Crippen LogP contribution in [-0.2, 0) is 13.6 Å². The van der Waals surface area contributed by atoms with Crippen LogP contribution in [0.15, 0.2) is 36.8 Å². The quantitative estimate of drug-likeness (QED) is 0.627. The van der Waals surface area contributed by atoms with Gasteiger partial charge in [0.15, 0.2) is 5.69 Å². The molecule has 4 bridgehead atoms. The van der Waals surface area contributed by atoms with Crippen LogP contribution in [0.4, 0.5) is 5.69 Å². The predicted octanol–water partition coefficient (Wildman–Crippen LogP) is 1.45. The van der Waals surface area contributed by atoms with E-state index in [0.717, 1.165) is 24.9 Å². The van der Waals surface area contributed by atoms with Gasteiger partial charge in [-0.05, 0) is 25.0 Å². The van der Waals surface area contributed by atoms with Crippen LogP contribution in [0, 0.1) is 0 Å². The molecule has 9 heteroatoms. The van der Waals surface area contributed by atoms with E-state index in [1.165, 1.54) is 4.68 Å². The normalized spacial score (nSPS) is 15.0. The van der Waals surface area contributed by atoms with Crippen molar-refractivity contribution in [1.29, 1.82) is 0 Å². The Morgan fingerprint density at radius 3 is 2.81 bits per heavy atom. The van der Waals surface area contributed by atoms with Gasteiger partial charge >= 0.3 is 0 Å². The Kier molecular flexibility index (Phi) is 4.41. The molecule has 4 rings (SSSR count). The van der Waals surface area contributed by atoms with E-state index in [1.807, 2.05) is 16.9 Å². The minimum Gasteiger partial charge on any atom is -0.351 e. The number of fused-ring (bicyclic) bond motifs is 6. The van der Waals surface area contributed by atoms with Crippen LogP contribution in [0.3, 0.4) is 0 Å². The maximum atomic E-state index is 12.6. The maximum absolute atomic E-state index is 12.6. The summed E-state index contributed by atoms with van der Waals surface area (Å²) >= 11 is 0. The predicted molar refractivity (Wildman–Crippen MR) is 98.2 cm³/mol. The highest BCUT2D eigenvalue weighted by atomic mass is 16.2. The summed E-state index contributed by atoms with van der Waals surface area (Å²) in [6, 6.07) is 5.24. The minimum absolute atomic E-state index is 0.184. The minimum atomic E-state index is -0.404. The highest BCUT2D eigenvalue weighted by Gasteiger charge is 2.19. The highest BCUT2D eigenvalue weighted by molar-refractivity contribution is 6.07. The van der Waals surface area contributed by atoms with Gasteiger partial charge in [0.25, 0.3) is 11.8 Å². The van der Waals surface area contributed by atoms with Gasteiger partial charge in [-0.2, -0.15) is 10.2 Å². The van der Waals surface area contributed by atoms with Crippen molar-refractivity contribution in [3.05, 3.63) is 48.2 Å². The zero-order valence-corrected chi connectivity index (χ0v) is 14.8. The number of anilines is 1. The molecular weight excluding hydrogens is 346 g/mol.